The second-order valence-electron chi connectivity index (χ2n) is 5.49. The molecular formula is C18H24N2. The minimum atomic E-state index is 0.359. The van der Waals surface area contributed by atoms with Gasteiger partial charge in [0, 0.05) is 18.4 Å². The normalized spacial score (nSPS) is 12.3. The van der Waals surface area contributed by atoms with Crippen LogP contribution in [-0.2, 0) is 6.42 Å². The summed E-state index contributed by atoms with van der Waals surface area (Å²) in [5.41, 5.74) is 5.31. The van der Waals surface area contributed by atoms with Gasteiger partial charge in [-0.3, -0.25) is 4.98 Å². The van der Waals surface area contributed by atoms with E-state index in [9.17, 15) is 0 Å². The first kappa shape index (κ1) is 14.7. The molecule has 2 nitrogen and oxygen atoms in total. The third-order valence-electron chi connectivity index (χ3n) is 3.45. The van der Waals surface area contributed by atoms with Crippen molar-refractivity contribution in [2.24, 2.45) is 0 Å². The smallest absolute Gasteiger partial charge is 0.0361 e. The van der Waals surface area contributed by atoms with E-state index in [0.717, 1.165) is 19.4 Å². The summed E-state index contributed by atoms with van der Waals surface area (Å²) in [6.45, 7) is 7.57. The van der Waals surface area contributed by atoms with Gasteiger partial charge < -0.3 is 5.32 Å². The molecule has 0 aliphatic carbocycles. The van der Waals surface area contributed by atoms with Gasteiger partial charge in [-0.1, -0.05) is 42.3 Å². The number of rotatable bonds is 6. The number of nitrogens with zero attached hydrogens (tertiary/aromatic N) is 1. The van der Waals surface area contributed by atoms with E-state index < -0.39 is 0 Å². The van der Waals surface area contributed by atoms with Crippen LogP contribution < -0.4 is 5.32 Å². The summed E-state index contributed by atoms with van der Waals surface area (Å²) >= 11 is 0. The summed E-state index contributed by atoms with van der Waals surface area (Å²) in [6.07, 6.45) is 5.92. The first-order chi connectivity index (χ1) is 9.69. The first-order valence-electron chi connectivity index (χ1n) is 7.39. The summed E-state index contributed by atoms with van der Waals surface area (Å²) in [5.74, 6) is 0. The molecule has 2 aromatic rings. The Labute approximate surface area is 122 Å². The van der Waals surface area contributed by atoms with Crippen LogP contribution in [0.2, 0.25) is 0 Å². The maximum Gasteiger partial charge on any atom is 0.0361 e. The highest BCUT2D eigenvalue weighted by atomic mass is 14.9. The van der Waals surface area contributed by atoms with Gasteiger partial charge in [0.1, 0.15) is 0 Å². The lowest BCUT2D eigenvalue weighted by atomic mass is 9.96. The molecule has 0 amide bonds. The van der Waals surface area contributed by atoms with E-state index in [4.69, 9.17) is 0 Å². The quantitative estimate of drug-likeness (QED) is 0.857. The Morgan fingerprint density at radius 3 is 2.50 bits per heavy atom. The summed E-state index contributed by atoms with van der Waals surface area (Å²) in [5, 5.41) is 3.66. The second-order valence-corrected chi connectivity index (χ2v) is 5.49. The van der Waals surface area contributed by atoms with Gasteiger partial charge in [-0.2, -0.15) is 0 Å². The van der Waals surface area contributed by atoms with Gasteiger partial charge in [0.15, 0.2) is 0 Å². The molecule has 106 valence electrons. The van der Waals surface area contributed by atoms with E-state index in [0.29, 0.717) is 6.04 Å². The highest BCUT2D eigenvalue weighted by Gasteiger charge is 2.12. The van der Waals surface area contributed by atoms with Crippen LogP contribution in [-0.4, -0.2) is 11.5 Å². The third kappa shape index (κ3) is 4.17. The summed E-state index contributed by atoms with van der Waals surface area (Å²) in [7, 11) is 0. The van der Waals surface area contributed by atoms with E-state index in [1.807, 2.05) is 18.5 Å². The fourth-order valence-corrected chi connectivity index (χ4v) is 2.59. The van der Waals surface area contributed by atoms with Crippen LogP contribution in [0.1, 0.15) is 41.6 Å². The van der Waals surface area contributed by atoms with Gasteiger partial charge in [-0.15, -0.1) is 0 Å². The molecule has 0 radical (unpaired) electrons. The molecule has 0 aliphatic rings. The molecule has 1 unspecified atom stereocenters. The predicted octanol–water partition coefficient (Wildman–Crippen LogP) is 3.98. The molecule has 0 aliphatic heterocycles. The van der Waals surface area contributed by atoms with E-state index in [-0.39, 0.29) is 0 Å². The van der Waals surface area contributed by atoms with Crippen LogP contribution >= 0.6 is 0 Å². The van der Waals surface area contributed by atoms with Gasteiger partial charge in [-0.05, 0) is 50.4 Å². The zero-order chi connectivity index (χ0) is 14.4. The molecule has 1 aromatic heterocycles. The van der Waals surface area contributed by atoms with Crippen LogP contribution in [0, 0.1) is 13.8 Å². The zero-order valence-corrected chi connectivity index (χ0v) is 12.7. The Balaban J connectivity index is 2.22. The van der Waals surface area contributed by atoms with Crippen molar-refractivity contribution in [2.75, 3.05) is 6.54 Å². The lowest BCUT2D eigenvalue weighted by molar-refractivity contribution is 0.528. The number of benzene rings is 1. The fourth-order valence-electron chi connectivity index (χ4n) is 2.59. The summed E-state index contributed by atoms with van der Waals surface area (Å²) in [6, 6.07) is 11.3. The van der Waals surface area contributed by atoms with Gasteiger partial charge in [0.2, 0.25) is 0 Å². The monoisotopic (exact) mass is 268 g/mol. The van der Waals surface area contributed by atoms with Gasteiger partial charge in [-0.25, -0.2) is 0 Å². The number of hydrogen-bond donors (Lipinski definition) is 1. The molecule has 0 bridgehead atoms. The van der Waals surface area contributed by atoms with Crippen molar-refractivity contribution in [3.05, 3.63) is 65.0 Å². The lowest BCUT2D eigenvalue weighted by Gasteiger charge is -2.20. The molecule has 1 N–H and O–H groups in total. The van der Waals surface area contributed by atoms with Crippen molar-refractivity contribution < 1.29 is 0 Å². The maximum absolute atomic E-state index is 4.22. The van der Waals surface area contributed by atoms with Crippen LogP contribution in [0.4, 0.5) is 0 Å². The molecule has 0 fully saturated rings. The first-order valence-corrected chi connectivity index (χ1v) is 7.39. The van der Waals surface area contributed by atoms with Crippen molar-refractivity contribution in [2.45, 2.75) is 39.7 Å². The number of pyridine rings is 1. The molecule has 0 saturated heterocycles. The molecule has 0 saturated carbocycles. The minimum absolute atomic E-state index is 0.359. The Bertz CT molecular complexity index is 514. The number of nitrogens with one attached hydrogen (secondary N) is 1. The molecule has 0 spiro atoms. The van der Waals surface area contributed by atoms with Crippen molar-refractivity contribution >= 4 is 0 Å². The molecule has 1 heterocycles. The van der Waals surface area contributed by atoms with Crippen molar-refractivity contribution in [3.63, 3.8) is 0 Å². The topological polar surface area (TPSA) is 24.9 Å². The standard InChI is InChI=1S/C18H24N2/c1-4-7-20-18(12-16-6-5-8-19-13-16)17-10-14(2)9-15(3)11-17/h5-6,8-11,13,18,20H,4,7,12H2,1-3H3. The highest BCUT2D eigenvalue weighted by Crippen LogP contribution is 2.21. The van der Waals surface area contributed by atoms with Gasteiger partial charge in [0.25, 0.3) is 0 Å². The number of aromatic nitrogens is 1. The zero-order valence-electron chi connectivity index (χ0n) is 12.7. The lowest BCUT2D eigenvalue weighted by Crippen LogP contribution is -2.24. The van der Waals surface area contributed by atoms with E-state index in [1.54, 1.807) is 0 Å². The van der Waals surface area contributed by atoms with Crippen LogP contribution in [0.25, 0.3) is 0 Å². The minimum Gasteiger partial charge on any atom is -0.310 e. The van der Waals surface area contributed by atoms with Crippen LogP contribution in [0.5, 0.6) is 0 Å². The van der Waals surface area contributed by atoms with Gasteiger partial charge >= 0.3 is 0 Å². The molecule has 2 rings (SSSR count). The van der Waals surface area contributed by atoms with Crippen molar-refractivity contribution in [3.8, 4) is 0 Å². The van der Waals surface area contributed by atoms with Crippen LogP contribution in [0.3, 0.4) is 0 Å². The largest absolute Gasteiger partial charge is 0.310 e. The SMILES string of the molecule is CCCNC(Cc1cccnc1)c1cc(C)cc(C)c1. The number of hydrogen-bond acceptors (Lipinski definition) is 2. The molecular weight excluding hydrogens is 244 g/mol. The average molecular weight is 268 g/mol. The molecule has 20 heavy (non-hydrogen) atoms. The maximum atomic E-state index is 4.22. The molecule has 2 heteroatoms. The Kier molecular flexibility index (Phi) is 5.31. The Morgan fingerprint density at radius 2 is 1.90 bits per heavy atom. The average Bonchev–Trinajstić information content (AvgIpc) is 2.43. The van der Waals surface area contributed by atoms with Crippen molar-refractivity contribution in [1.29, 1.82) is 0 Å². The second kappa shape index (κ2) is 7.20. The molecule has 1 aromatic carbocycles. The van der Waals surface area contributed by atoms with Crippen LogP contribution in [0.15, 0.2) is 42.7 Å². The summed E-state index contributed by atoms with van der Waals surface area (Å²) < 4.78 is 0. The highest BCUT2D eigenvalue weighted by molar-refractivity contribution is 5.31. The van der Waals surface area contributed by atoms with E-state index in [2.05, 4.69) is 55.3 Å². The van der Waals surface area contributed by atoms with E-state index in [1.165, 1.54) is 22.3 Å². The Morgan fingerprint density at radius 1 is 1.15 bits per heavy atom. The summed E-state index contributed by atoms with van der Waals surface area (Å²) in [4.78, 5) is 4.22. The number of aryl methyl sites for hydroxylation is 2. The fraction of sp³-hybridized carbons (Fsp3) is 0.389. The predicted molar refractivity (Wildman–Crippen MR) is 84.9 cm³/mol. The van der Waals surface area contributed by atoms with Gasteiger partial charge in [0.05, 0.1) is 0 Å². The Hall–Kier alpha value is -1.67. The van der Waals surface area contributed by atoms with Crippen molar-refractivity contribution in [1.82, 2.24) is 10.3 Å². The third-order valence-corrected chi connectivity index (χ3v) is 3.45. The molecule has 1 atom stereocenters. The van der Waals surface area contributed by atoms with E-state index >= 15 is 0 Å².